The highest BCUT2D eigenvalue weighted by Gasteiger charge is 2.25. The first-order chi connectivity index (χ1) is 9.02. The minimum Gasteiger partial charge on any atom is -0.394 e. The highest BCUT2D eigenvalue weighted by atomic mass is 19.1. The fourth-order valence-corrected chi connectivity index (χ4v) is 1.80. The Morgan fingerprint density at radius 2 is 2.11 bits per heavy atom. The normalized spacial score (nSPS) is 19.0. The van der Waals surface area contributed by atoms with E-state index in [0.717, 1.165) is 12.1 Å². The van der Waals surface area contributed by atoms with E-state index >= 15 is 0 Å². The summed E-state index contributed by atoms with van der Waals surface area (Å²) in [5, 5.41) is 8.74. The highest BCUT2D eigenvalue weighted by molar-refractivity contribution is 5.94. The van der Waals surface area contributed by atoms with E-state index in [1.807, 2.05) is 6.07 Å². The first kappa shape index (κ1) is 13.2. The molecule has 7 heteroatoms. The molecule has 0 bridgehead atoms. The maximum atomic E-state index is 13.3. The van der Waals surface area contributed by atoms with E-state index in [9.17, 15) is 13.6 Å². The Bertz CT molecular complexity index is 533. The number of benzene rings is 1. The van der Waals surface area contributed by atoms with Crippen LogP contribution in [0.4, 0.5) is 14.5 Å². The van der Waals surface area contributed by atoms with Crippen LogP contribution in [-0.4, -0.2) is 36.6 Å². The largest absolute Gasteiger partial charge is 0.394 e. The number of nitriles is 1. The number of amides is 1. The van der Waals surface area contributed by atoms with Crippen LogP contribution in [0.5, 0.6) is 0 Å². The number of anilines is 1. The van der Waals surface area contributed by atoms with E-state index in [1.165, 1.54) is 4.90 Å². The van der Waals surface area contributed by atoms with Crippen LogP contribution >= 0.6 is 0 Å². The number of halogens is 2. The molecular formula is C12H11F2N3O2. The third-order valence-corrected chi connectivity index (χ3v) is 2.82. The molecule has 0 aromatic heterocycles. The summed E-state index contributed by atoms with van der Waals surface area (Å²) in [5.41, 5.74) is 4.38. The van der Waals surface area contributed by atoms with Gasteiger partial charge in [0, 0.05) is 12.1 Å². The molecule has 0 radical (unpaired) electrons. The van der Waals surface area contributed by atoms with E-state index in [0.29, 0.717) is 0 Å². The van der Waals surface area contributed by atoms with E-state index in [4.69, 9.17) is 15.7 Å². The number of nitrogen functional groups attached to an aromatic ring is 1. The molecule has 1 aliphatic rings. The van der Waals surface area contributed by atoms with Crippen molar-refractivity contribution >= 4 is 11.6 Å². The molecular weight excluding hydrogens is 256 g/mol. The molecule has 1 aliphatic heterocycles. The van der Waals surface area contributed by atoms with Gasteiger partial charge in [-0.05, 0) is 12.1 Å². The van der Waals surface area contributed by atoms with Crippen LogP contribution in [0.15, 0.2) is 12.1 Å². The van der Waals surface area contributed by atoms with E-state index in [1.54, 1.807) is 0 Å². The fraction of sp³-hybridized carbons (Fsp3) is 0.333. The molecule has 1 aromatic rings. The second-order valence-corrected chi connectivity index (χ2v) is 4.09. The summed E-state index contributed by atoms with van der Waals surface area (Å²) in [6, 6.07) is 3.66. The Morgan fingerprint density at radius 1 is 1.47 bits per heavy atom. The molecule has 1 unspecified atom stereocenters. The third-order valence-electron chi connectivity index (χ3n) is 2.82. The lowest BCUT2D eigenvalue weighted by molar-refractivity contribution is 0.00343. The van der Waals surface area contributed by atoms with Gasteiger partial charge in [0.1, 0.15) is 17.3 Å². The molecule has 0 spiro atoms. The predicted molar refractivity (Wildman–Crippen MR) is 62.0 cm³/mol. The number of ether oxygens (including phenoxy) is 1. The Labute approximate surface area is 108 Å². The number of morpholine rings is 1. The van der Waals surface area contributed by atoms with Gasteiger partial charge in [0.15, 0.2) is 6.10 Å². The standard InChI is InChI=1S/C12H11F2N3O2/c13-9-3-7(4-10(14)11(9)16)12(18)17-1-2-19-8(5-15)6-17/h3-4,8H,1-2,6,16H2. The molecule has 2 rings (SSSR count). The second kappa shape index (κ2) is 5.20. The summed E-state index contributed by atoms with van der Waals surface area (Å²) in [4.78, 5) is 13.4. The lowest BCUT2D eigenvalue weighted by Gasteiger charge is -2.29. The van der Waals surface area contributed by atoms with Crippen molar-refractivity contribution in [2.45, 2.75) is 6.10 Å². The summed E-state index contributed by atoms with van der Waals surface area (Å²) >= 11 is 0. The zero-order valence-electron chi connectivity index (χ0n) is 9.90. The molecule has 100 valence electrons. The first-order valence-electron chi connectivity index (χ1n) is 5.58. The van der Waals surface area contributed by atoms with Crippen molar-refractivity contribution in [3.05, 3.63) is 29.3 Å². The van der Waals surface area contributed by atoms with Crippen LogP contribution in [0, 0.1) is 23.0 Å². The van der Waals surface area contributed by atoms with Gasteiger partial charge in [0.2, 0.25) is 0 Å². The number of nitrogens with two attached hydrogens (primary N) is 1. The minimum absolute atomic E-state index is 0.0724. The van der Waals surface area contributed by atoms with E-state index in [-0.39, 0.29) is 25.3 Å². The van der Waals surface area contributed by atoms with Crippen LogP contribution in [0.25, 0.3) is 0 Å². The predicted octanol–water partition coefficient (Wildman–Crippen LogP) is 0.912. The Hall–Kier alpha value is -2.20. The average molecular weight is 267 g/mol. The number of hydrogen-bond donors (Lipinski definition) is 1. The molecule has 1 aromatic carbocycles. The van der Waals surface area contributed by atoms with Gasteiger partial charge in [0.05, 0.1) is 19.2 Å². The van der Waals surface area contributed by atoms with Gasteiger partial charge in [-0.3, -0.25) is 4.79 Å². The molecule has 1 heterocycles. The lowest BCUT2D eigenvalue weighted by Crippen LogP contribution is -2.45. The fourth-order valence-electron chi connectivity index (χ4n) is 1.80. The SMILES string of the molecule is N#CC1CN(C(=O)c2cc(F)c(N)c(F)c2)CCO1. The van der Waals surface area contributed by atoms with Gasteiger partial charge in [-0.15, -0.1) is 0 Å². The molecule has 5 nitrogen and oxygen atoms in total. The molecule has 1 atom stereocenters. The van der Waals surface area contributed by atoms with Crippen molar-refractivity contribution in [1.29, 1.82) is 5.26 Å². The van der Waals surface area contributed by atoms with Gasteiger partial charge in [-0.2, -0.15) is 5.26 Å². The Balaban J connectivity index is 2.22. The van der Waals surface area contributed by atoms with Crippen LogP contribution in [0.1, 0.15) is 10.4 Å². The average Bonchev–Trinajstić information content (AvgIpc) is 2.43. The second-order valence-electron chi connectivity index (χ2n) is 4.09. The van der Waals surface area contributed by atoms with Gasteiger partial charge >= 0.3 is 0 Å². The van der Waals surface area contributed by atoms with Crippen molar-refractivity contribution in [1.82, 2.24) is 4.90 Å². The van der Waals surface area contributed by atoms with Crippen molar-refractivity contribution in [2.75, 3.05) is 25.4 Å². The minimum atomic E-state index is -0.978. The molecule has 0 aliphatic carbocycles. The monoisotopic (exact) mass is 267 g/mol. The Kier molecular flexibility index (Phi) is 3.62. The lowest BCUT2D eigenvalue weighted by atomic mass is 10.1. The maximum absolute atomic E-state index is 13.3. The van der Waals surface area contributed by atoms with E-state index < -0.39 is 29.3 Å². The van der Waals surface area contributed by atoms with Crippen molar-refractivity contribution in [3.63, 3.8) is 0 Å². The summed E-state index contributed by atoms with van der Waals surface area (Å²) in [5.74, 6) is -2.51. The third kappa shape index (κ3) is 2.63. The van der Waals surface area contributed by atoms with Crippen molar-refractivity contribution < 1.29 is 18.3 Å². The van der Waals surface area contributed by atoms with Crippen LogP contribution < -0.4 is 5.73 Å². The van der Waals surface area contributed by atoms with Gasteiger partial charge < -0.3 is 15.4 Å². The zero-order valence-corrected chi connectivity index (χ0v) is 9.90. The molecule has 19 heavy (non-hydrogen) atoms. The van der Waals surface area contributed by atoms with Gasteiger partial charge in [0.25, 0.3) is 5.91 Å². The molecule has 1 saturated heterocycles. The van der Waals surface area contributed by atoms with Crippen molar-refractivity contribution in [2.24, 2.45) is 0 Å². The Morgan fingerprint density at radius 3 is 2.68 bits per heavy atom. The highest BCUT2D eigenvalue weighted by Crippen LogP contribution is 2.19. The molecule has 0 saturated carbocycles. The number of carbonyl (C=O) groups is 1. The maximum Gasteiger partial charge on any atom is 0.254 e. The number of nitrogens with zero attached hydrogens (tertiary/aromatic N) is 2. The molecule has 2 N–H and O–H groups in total. The van der Waals surface area contributed by atoms with Crippen LogP contribution in [-0.2, 0) is 4.74 Å². The summed E-state index contributed by atoms with van der Waals surface area (Å²) < 4.78 is 31.7. The summed E-state index contributed by atoms with van der Waals surface area (Å²) in [6.45, 7) is 0.553. The van der Waals surface area contributed by atoms with E-state index in [2.05, 4.69) is 0 Å². The summed E-state index contributed by atoms with van der Waals surface area (Å²) in [6.07, 6.45) is -0.721. The van der Waals surface area contributed by atoms with Crippen molar-refractivity contribution in [3.8, 4) is 6.07 Å². The first-order valence-corrected chi connectivity index (χ1v) is 5.58. The zero-order chi connectivity index (χ0) is 14.0. The number of carbonyl (C=O) groups excluding carboxylic acids is 1. The number of hydrogen-bond acceptors (Lipinski definition) is 4. The smallest absolute Gasteiger partial charge is 0.254 e. The van der Waals surface area contributed by atoms with Crippen LogP contribution in [0.2, 0.25) is 0 Å². The quantitative estimate of drug-likeness (QED) is 0.767. The molecule has 1 fully saturated rings. The summed E-state index contributed by atoms with van der Waals surface area (Å²) in [7, 11) is 0. The van der Waals surface area contributed by atoms with Gasteiger partial charge in [-0.25, -0.2) is 8.78 Å². The van der Waals surface area contributed by atoms with Crippen LogP contribution in [0.3, 0.4) is 0 Å². The number of rotatable bonds is 1. The molecule has 1 amide bonds. The van der Waals surface area contributed by atoms with Gasteiger partial charge in [-0.1, -0.05) is 0 Å². The topological polar surface area (TPSA) is 79.4 Å².